The number of carbonyl (C=O) groups excluding carboxylic acids is 2. The summed E-state index contributed by atoms with van der Waals surface area (Å²) in [4.78, 5) is 28.8. The summed E-state index contributed by atoms with van der Waals surface area (Å²) in [7, 11) is 0. The first-order valence-corrected chi connectivity index (χ1v) is 11.3. The van der Waals surface area contributed by atoms with Gasteiger partial charge in [0.1, 0.15) is 0 Å². The van der Waals surface area contributed by atoms with Crippen LogP contribution >= 0.6 is 0 Å². The van der Waals surface area contributed by atoms with Crippen LogP contribution in [0.25, 0.3) is 0 Å². The zero-order valence-electron chi connectivity index (χ0n) is 17.8. The lowest BCUT2D eigenvalue weighted by atomic mass is 9.46. The highest BCUT2D eigenvalue weighted by Crippen LogP contribution is 2.65. The molecular weight excluding hydrogens is 384 g/mol. The van der Waals surface area contributed by atoms with E-state index in [1.165, 1.54) is 6.42 Å². The third-order valence-corrected chi connectivity index (χ3v) is 7.65. The normalized spacial score (nSPS) is 34.9. The maximum absolute atomic E-state index is 12.8. The number of aromatic nitrogens is 4. The van der Waals surface area contributed by atoms with Crippen molar-refractivity contribution in [2.24, 2.45) is 17.3 Å². The molecule has 1 saturated heterocycles. The van der Waals surface area contributed by atoms with Gasteiger partial charge in [-0.25, -0.2) is 0 Å². The standard InChI is InChI=1S/C21H32N6O3/c1-15-23-25-27(24-15)21-11-16-8-17(12-21)10-20(9-16,14-21)13-18(28)22-3-2-19(29)26-4-6-30-7-5-26/h16-17H,2-14H2,1H3,(H,22,28). The van der Waals surface area contributed by atoms with E-state index in [4.69, 9.17) is 4.74 Å². The fourth-order valence-electron chi connectivity index (χ4n) is 7.01. The van der Waals surface area contributed by atoms with E-state index in [1.54, 1.807) is 0 Å². The van der Waals surface area contributed by atoms with Gasteiger partial charge in [-0.05, 0) is 67.9 Å². The Hall–Kier alpha value is -2.03. The van der Waals surface area contributed by atoms with Crippen molar-refractivity contribution in [1.82, 2.24) is 30.4 Å². The topological polar surface area (TPSA) is 102 Å². The molecule has 0 aromatic carbocycles. The Morgan fingerprint density at radius 3 is 2.57 bits per heavy atom. The van der Waals surface area contributed by atoms with Gasteiger partial charge in [-0.1, -0.05) is 0 Å². The van der Waals surface area contributed by atoms with E-state index < -0.39 is 0 Å². The Morgan fingerprint density at radius 1 is 1.17 bits per heavy atom. The van der Waals surface area contributed by atoms with Crippen molar-refractivity contribution >= 4 is 11.8 Å². The Bertz CT molecular complexity index is 803. The summed E-state index contributed by atoms with van der Waals surface area (Å²) in [5, 5.41) is 16.0. The van der Waals surface area contributed by atoms with Crippen LogP contribution in [0.1, 0.15) is 57.2 Å². The lowest BCUT2D eigenvalue weighted by Gasteiger charge is -2.61. The van der Waals surface area contributed by atoms with Gasteiger partial charge in [0.25, 0.3) is 0 Å². The minimum absolute atomic E-state index is 0.0317. The number of nitrogens with zero attached hydrogens (tertiary/aromatic N) is 5. The molecule has 4 saturated carbocycles. The second-order valence-electron chi connectivity index (χ2n) is 10.1. The molecule has 1 aromatic heterocycles. The van der Waals surface area contributed by atoms with Crippen molar-refractivity contribution in [3.8, 4) is 0 Å². The second kappa shape index (κ2) is 7.59. The summed E-state index contributed by atoms with van der Waals surface area (Å²) >= 11 is 0. The van der Waals surface area contributed by atoms with Crippen LogP contribution in [0.15, 0.2) is 0 Å². The van der Waals surface area contributed by atoms with Crippen LogP contribution in [0.4, 0.5) is 0 Å². The monoisotopic (exact) mass is 416 g/mol. The van der Waals surface area contributed by atoms with Gasteiger partial charge in [0.2, 0.25) is 11.8 Å². The molecule has 4 bridgehead atoms. The molecule has 164 valence electrons. The van der Waals surface area contributed by atoms with Gasteiger partial charge in [-0.2, -0.15) is 4.80 Å². The van der Waals surface area contributed by atoms with E-state index in [0.717, 1.165) is 32.1 Å². The predicted octanol–water partition coefficient (Wildman–Crippen LogP) is 1.03. The summed E-state index contributed by atoms with van der Waals surface area (Å²) in [6.45, 7) is 4.79. The second-order valence-corrected chi connectivity index (χ2v) is 10.1. The molecule has 2 amide bonds. The third-order valence-electron chi connectivity index (χ3n) is 7.65. The number of hydrogen-bond donors (Lipinski definition) is 1. The van der Waals surface area contributed by atoms with Crippen LogP contribution in [-0.4, -0.2) is 69.8 Å². The number of tetrazole rings is 1. The molecule has 1 aromatic rings. The van der Waals surface area contributed by atoms with E-state index >= 15 is 0 Å². The average molecular weight is 417 g/mol. The number of aryl methyl sites for hydroxylation is 1. The van der Waals surface area contributed by atoms with Crippen LogP contribution in [0.5, 0.6) is 0 Å². The van der Waals surface area contributed by atoms with Crippen LogP contribution < -0.4 is 5.32 Å². The molecule has 0 radical (unpaired) electrons. The van der Waals surface area contributed by atoms with E-state index in [9.17, 15) is 9.59 Å². The summed E-state index contributed by atoms with van der Waals surface area (Å²) in [5.74, 6) is 2.17. The average Bonchev–Trinajstić information content (AvgIpc) is 3.14. The highest BCUT2D eigenvalue weighted by Gasteiger charge is 2.59. The predicted molar refractivity (Wildman–Crippen MR) is 107 cm³/mol. The third kappa shape index (κ3) is 3.72. The van der Waals surface area contributed by atoms with Gasteiger partial charge >= 0.3 is 0 Å². The maximum Gasteiger partial charge on any atom is 0.224 e. The molecule has 1 aliphatic heterocycles. The minimum atomic E-state index is -0.0715. The zero-order valence-corrected chi connectivity index (χ0v) is 17.8. The van der Waals surface area contributed by atoms with Gasteiger partial charge in [0.15, 0.2) is 5.82 Å². The summed E-state index contributed by atoms with van der Waals surface area (Å²) in [5.41, 5.74) is -0.0398. The van der Waals surface area contributed by atoms with Crippen molar-refractivity contribution in [2.75, 3.05) is 32.8 Å². The lowest BCUT2D eigenvalue weighted by Crippen LogP contribution is -2.58. The quantitative estimate of drug-likeness (QED) is 0.743. The van der Waals surface area contributed by atoms with Gasteiger partial charge in [0.05, 0.1) is 18.8 Å². The molecule has 6 rings (SSSR count). The number of amides is 2. The summed E-state index contributed by atoms with van der Waals surface area (Å²) < 4.78 is 5.29. The largest absolute Gasteiger partial charge is 0.378 e. The van der Waals surface area contributed by atoms with E-state index in [2.05, 4.69) is 20.7 Å². The number of nitrogens with one attached hydrogen (secondary N) is 1. The van der Waals surface area contributed by atoms with Crippen LogP contribution in [0.2, 0.25) is 0 Å². The first kappa shape index (κ1) is 19.9. The molecule has 5 fully saturated rings. The van der Waals surface area contributed by atoms with Crippen LogP contribution in [-0.2, 0) is 19.9 Å². The number of hydrogen-bond acceptors (Lipinski definition) is 6. The van der Waals surface area contributed by atoms with Gasteiger partial charge in [-0.15, -0.1) is 10.2 Å². The molecule has 2 atom stereocenters. The van der Waals surface area contributed by atoms with Crippen molar-refractivity contribution in [1.29, 1.82) is 0 Å². The SMILES string of the molecule is Cc1nnn(C23CC4CC(CC(CC(=O)NCCC(=O)N5CCOCC5)(C4)C2)C3)n1. The molecule has 9 nitrogen and oxygen atoms in total. The summed E-state index contributed by atoms with van der Waals surface area (Å²) in [6, 6.07) is 0. The van der Waals surface area contributed by atoms with E-state index in [1.807, 2.05) is 16.6 Å². The number of morpholine rings is 1. The Kier molecular flexibility index (Phi) is 5.03. The molecule has 9 heteroatoms. The molecule has 30 heavy (non-hydrogen) atoms. The Labute approximate surface area is 176 Å². The van der Waals surface area contributed by atoms with Crippen molar-refractivity contribution in [3.63, 3.8) is 0 Å². The molecule has 0 spiro atoms. The Morgan fingerprint density at radius 2 is 1.90 bits per heavy atom. The first-order chi connectivity index (χ1) is 14.5. The minimum Gasteiger partial charge on any atom is -0.378 e. The highest BCUT2D eigenvalue weighted by molar-refractivity contribution is 5.79. The molecule has 1 N–H and O–H groups in total. The molecular formula is C21H32N6O3. The fourth-order valence-corrected chi connectivity index (χ4v) is 7.01. The zero-order chi connectivity index (χ0) is 20.8. The molecule has 2 unspecified atom stereocenters. The lowest BCUT2D eigenvalue weighted by molar-refractivity contribution is -0.139. The van der Waals surface area contributed by atoms with E-state index in [0.29, 0.717) is 63.3 Å². The van der Waals surface area contributed by atoms with E-state index in [-0.39, 0.29) is 22.8 Å². The van der Waals surface area contributed by atoms with Crippen LogP contribution in [0, 0.1) is 24.2 Å². The van der Waals surface area contributed by atoms with Gasteiger partial charge in [0, 0.05) is 32.5 Å². The first-order valence-electron chi connectivity index (χ1n) is 11.3. The van der Waals surface area contributed by atoms with Gasteiger partial charge < -0.3 is 15.0 Å². The Balaban J connectivity index is 1.19. The van der Waals surface area contributed by atoms with Gasteiger partial charge in [-0.3, -0.25) is 9.59 Å². The summed E-state index contributed by atoms with van der Waals surface area (Å²) in [6.07, 6.45) is 7.60. The number of ether oxygens (including phenoxy) is 1. The van der Waals surface area contributed by atoms with Crippen LogP contribution in [0.3, 0.4) is 0 Å². The molecule has 4 aliphatic carbocycles. The van der Waals surface area contributed by atoms with Crippen molar-refractivity contribution in [2.45, 2.75) is 63.8 Å². The number of rotatable bonds is 6. The smallest absolute Gasteiger partial charge is 0.224 e. The molecule has 2 heterocycles. The molecule has 5 aliphatic rings. The van der Waals surface area contributed by atoms with Crippen molar-refractivity contribution < 1.29 is 14.3 Å². The fraction of sp³-hybridized carbons (Fsp3) is 0.857. The highest BCUT2D eigenvalue weighted by atomic mass is 16.5. The van der Waals surface area contributed by atoms with Crippen molar-refractivity contribution in [3.05, 3.63) is 5.82 Å². The maximum atomic E-state index is 12.8. The number of carbonyl (C=O) groups is 2.